The maximum absolute atomic E-state index is 14.9. The number of rotatable bonds is 6. The van der Waals surface area contributed by atoms with Crippen molar-refractivity contribution in [2.24, 2.45) is 0 Å². The van der Waals surface area contributed by atoms with Crippen molar-refractivity contribution in [3.05, 3.63) is 123 Å². The van der Waals surface area contributed by atoms with Gasteiger partial charge in [-0.15, -0.1) is 0 Å². The minimum absolute atomic E-state index is 0.228. The average Bonchev–Trinajstić information content (AvgIpc) is 3.35. The predicted molar refractivity (Wildman–Crippen MR) is 156 cm³/mol. The minimum atomic E-state index is -0.237. The molecule has 0 spiro atoms. The molecule has 5 rings (SSSR count). The Kier molecular flexibility index (Phi) is 7.53. The molecule has 0 N–H and O–H groups in total. The number of aryl methyl sites for hydroxylation is 1. The molecular weight excluding hydrogens is 598 g/mol. The molecule has 0 radical (unpaired) electrons. The summed E-state index contributed by atoms with van der Waals surface area (Å²) >= 11 is 8.32. The van der Waals surface area contributed by atoms with Crippen LogP contribution in [0.2, 0.25) is 5.02 Å². The fourth-order valence-electron chi connectivity index (χ4n) is 4.38. The summed E-state index contributed by atoms with van der Waals surface area (Å²) in [5, 5.41) is 5.11. The van der Waals surface area contributed by atoms with Crippen molar-refractivity contribution < 1.29 is 9.18 Å². The molecule has 184 valence electrons. The topological polar surface area (TPSA) is 34.9 Å². The van der Waals surface area contributed by atoms with Gasteiger partial charge < -0.3 is 0 Å². The number of nitrogens with zero attached hydrogens (tertiary/aromatic N) is 2. The highest BCUT2D eigenvalue weighted by atomic mass is 127. The SMILES string of the molecule is CCCc1ccc(-c2ccc(-c3c(-c4ccc(Cl)cc4)cnn3C(=O)c3ccc(I)cc3)cc2)c(F)c1. The highest BCUT2D eigenvalue weighted by Gasteiger charge is 2.21. The van der Waals surface area contributed by atoms with Gasteiger partial charge in [0.05, 0.1) is 11.9 Å². The van der Waals surface area contributed by atoms with Gasteiger partial charge in [-0.25, -0.2) is 4.39 Å². The number of hydrogen-bond donors (Lipinski definition) is 0. The zero-order valence-corrected chi connectivity index (χ0v) is 23.0. The van der Waals surface area contributed by atoms with Gasteiger partial charge in [0.15, 0.2) is 0 Å². The first-order chi connectivity index (χ1) is 17.9. The molecule has 0 amide bonds. The number of carbonyl (C=O) groups excluding carboxylic acids is 1. The summed E-state index contributed by atoms with van der Waals surface area (Å²) in [5.41, 5.74) is 6.01. The molecule has 6 heteroatoms. The Morgan fingerprint density at radius 3 is 2.14 bits per heavy atom. The number of halogens is 3. The molecule has 0 atom stereocenters. The van der Waals surface area contributed by atoms with E-state index >= 15 is 0 Å². The van der Waals surface area contributed by atoms with Crippen LogP contribution in [-0.4, -0.2) is 15.7 Å². The summed E-state index contributed by atoms with van der Waals surface area (Å²) in [6.07, 6.45) is 3.52. The van der Waals surface area contributed by atoms with E-state index in [-0.39, 0.29) is 11.7 Å². The third kappa shape index (κ3) is 5.38. The molecule has 0 saturated carbocycles. The Morgan fingerprint density at radius 1 is 0.865 bits per heavy atom. The van der Waals surface area contributed by atoms with E-state index in [4.69, 9.17) is 11.6 Å². The van der Waals surface area contributed by atoms with E-state index in [1.165, 1.54) is 4.68 Å². The van der Waals surface area contributed by atoms with Crippen LogP contribution < -0.4 is 0 Å². The fraction of sp³-hybridized carbons (Fsp3) is 0.0968. The van der Waals surface area contributed by atoms with E-state index in [1.807, 2.05) is 72.8 Å². The first kappa shape index (κ1) is 25.4. The number of hydrogen-bond acceptors (Lipinski definition) is 2. The second kappa shape index (κ2) is 11.0. The van der Waals surface area contributed by atoms with E-state index in [2.05, 4.69) is 34.6 Å². The van der Waals surface area contributed by atoms with Crippen molar-refractivity contribution >= 4 is 40.1 Å². The number of carbonyl (C=O) groups is 1. The number of aromatic nitrogens is 2. The third-order valence-electron chi connectivity index (χ3n) is 6.25. The van der Waals surface area contributed by atoms with Crippen LogP contribution in [0.25, 0.3) is 33.5 Å². The largest absolute Gasteiger partial charge is 0.278 e. The Labute approximate surface area is 234 Å². The lowest BCUT2D eigenvalue weighted by molar-refractivity contribution is 0.0947. The highest BCUT2D eigenvalue weighted by molar-refractivity contribution is 14.1. The van der Waals surface area contributed by atoms with Crippen molar-refractivity contribution in [1.29, 1.82) is 0 Å². The van der Waals surface area contributed by atoms with E-state index < -0.39 is 0 Å². The van der Waals surface area contributed by atoms with Gasteiger partial charge in [-0.05, 0) is 88.2 Å². The molecule has 0 unspecified atom stereocenters. The lowest BCUT2D eigenvalue weighted by Gasteiger charge is -2.11. The zero-order chi connectivity index (χ0) is 25.9. The smallest absolute Gasteiger partial charge is 0.267 e. The fourth-order valence-corrected chi connectivity index (χ4v) is 4.87. The minimum Gasteiger partial charge on any atom is -0.267 e. The molecule has 0 aliphatic rings. The summed E-state index contributed by atoms with van der Waals surface area (Å²) in [5.74, 6) is -0.465. The molecule has 0 fully saturated rings. The molecule has 0 bridgehead atoms. The van der Waals surface area contributed by atoms with Crippen LogP contribution in [-0.2, 0) is 6.42 Å². The van der Waals surface area contributed by atoms with Crippen molar-refractivity contribution in [1.82, 2.24) is 9.78 Å². The van der Waals surface area contributed by atoms with Crippen LogP contribution in [0.5, 0.6) is 0 Å². The van der Waals surface area contributed by atoms with Gasteiger partial charge in [0.2, 0.25) is 0 Å². The third-order valence-corrected chi connectivity index (χ3v) is 7.22. The molecule has 37 heavy (non-hydrogen) atoms. The maximum Gasteiger partial charge on any atom is 0.278 e. The van der Waals surface area contributed by atoms with Gasteiger partial charge in [0.25, 0.3) is 5.91 Å². The normalized spacial score (nSPS) is 11.0. The molecule has 5 aromatic rings. The summed E-state index contributed by atoms with van der Waals surface area (Å²) < 4.78 is 17.3. The van der Waals surface area contributed by atoms with Gasteiger partial charge >= 0.3 is 0 Å². The second-order valence-electron chi connectivity index (χ2n) is 8.78. The number of benzene rings is 4. The van der Waals surface area contributed by atoms with E-state index in [0.717, 1.165) is 44.2 Å². The summed E-state index contributed by atoms with van der Waals surface area (Å²) in [6, 6.07) is 27.8. The standard InChI is InChI=1S/C31H23ClFIN2O/c1-2-3-20-4-17-27(29(33)18-20)21-5-7-23(8-6-21)30-28(22-9-13-25(32)14-10-22)19-35-36(30)31(37)24-11-15-26(34)16-12-24/h4-19H,2-3H2,1H3. The van der Waals surface area contributed by atoms with Gasteiger partial charge in [0.1, 0.15) is 5.82 Å². The lowest BCUT2D eigenvalue weighted by Crippen LogP contribution is -2.15. The van der Waals surface area contributed by atoms with Crippen LogP contribution in [0.3, 0.4) is 0 Å². The summed E-state index contributed by atoms with van der Waals surface area (Å²) in [7, 11) is 0. The van der Waals surface area contributed by atoms with Crippen molar-refractivity contribution in [2.75, 3.05) is 0 Å². The van der Waals surface area contributed by atoms with Crippen molar-refractivity contribution in [3.63, 3.8) is 0 Å². The van der Waals surface area contributed by atoms with Crippen LogP contribution in [0, 0.1) is 9.39 Å². The zero-order valence-electron chi connectivity index (χ0n) is 20.1. The molecule has 1 heterocycles. The van der Waals surface area contributed by atoms with Crippen LogP contribution >= 0.6 is 34.2 Å². The molecule has 0 saturated heterocycles. The predicted octanol–water partition coefficient (Wildman–Crippen LogP) is 8.92. The molecule has 0 aliphatic heterocycles. The monoisotopic (exact) mass is 620 g/mol. The first-order valence-electron chi connectivity index (χ1n) is 12.0. The average molecular weight is 621 g/mol. The van der Waals surface area contributed by atoms with Gasteiger partial charge in [-0.3, -0.25) is 4.79 Å². The van der Waals surface area contributed by atoms with Crippen LogP contribution in [0.15, 0.2) is 97.2 Å². The second-order valence-corrected chi connectivity index (χ2v) is 10.5. The summed E-state index contributed by atoms with van der Waals surface area (Å²) in [6.45, 7) is 2.08. The molecule has 1 aromatic heterocycles. The van der Waals surface area contributed by atoms with Gasteiger partial charge in [0, 0.05) is 30.8 Å². The van der Waals surface area contributed by atoms with E-state index in [0.29, 0.717) is 21.8 Å². The van der Waals surface area contributed by atoms with E-state index in [1.54, 1.807) is 24.4 Å². The quantitative estimate of drug-likeness (QED) is 0.178. The van der Waals surface area contributed by atoms with Crippen molar-refractivity contribution in [2.45, 2.75) is 19.8 Å². The summed E-state index contributed by atoms with van der Waals surface area (Å²) in [4.78, 5) is 13.5. The van der Waals surface area contributed by atoms with E-state index in [9.17, 15) is 9.18 Å². The van der Waals surface area contributed by atoms with Crippen LogP contribution in [0.1, 0.15) is 29.3 Å². The Bertz CT molecular complexity index is 1560. The highest BCUT2D eigenvalue weighted by Crippen LogP contribution is 2.35. The lowest BCUT2D eigenvalue weighted by atomic mass is 9.97. The molecule has 3 nitrogen and oxygen atoms in total. The van der Waals surface area contributed by atoms with Crippen molar-refractivity contribution in [3.8, 4) is 33.5 Å². The Hall–Kier alpha value is -3.29. The maximum atomic E-state index is 14.9. The molecule has 4 aromatic carbocycles. The van der Waals surface area contributed by atoms with Gasteiger partial charge in [-0.1, -0.05) is 73.5 Å². The first-order valence-corrected chi connectivity index (χ1v) is 13.4. The Balaban J connectivity index is 1.59. The Morgan fingerprint density at radius 2 is 1.49 bits per heavy atom. The molecule has 0 aliphatic carbocycles. The van der Waals surface area contributed by atoms with Gasteiger partial charge in [-0.2, -0.15) is 9.78 Å². The van der Waals surface area contributed by atoms with Crippen LogP contribution in [0.4, 0.5) is 4.39 Å². The molecular formula is C31H23ClFIN2O.